The largest absolute Gasteiger partial charge is 0.573 e. The van der Waals surface area contributed by atoms with Crippen molar-refractivity contribution in [2.45, 2.75) is 37.3 Å². The van der Waals surface area contributed by atoms with Crippen molar-refractivity contribution in [3.63, 3.8) is 0 Å². The topological polar surface area (TPSA) is 127 Å². The number of Topliss-reactive ketones (excluding diaryl/α,β-unsaturated/α-hetero) is 1. The van der Waals surface area contributed by atoms with Crippen molar-refractivity contribution in [1.82, 2.24) is 0 Å². The number of hydrogen-bond acceptors (Lipinski definition) is 6. The fourth-order valence-electron chi connectivity index (χ4n) is 2.45. The Hall–Kier alpha value is -1.76. The molecule has 2 atom stereocenters. The lowest BCUT2D eigenvalue weighted by molar-refractivity contribution is -0.275. The van der Waals surface area contributed by atoms with Gasteiger partial charge in [0.2, 0.25) is 0 Å². The minimum Gasteiger partial charge on any atom is -0.403 e. The fraction of sp³-hybridized carbons (Fsp3) is 0.500. The number of ketones is 1. The fourth-order valence-corrected chi connectivity index (χ4v) is 2.45. The molecular formula is C14H17F4NO6S. The van der Waals surface area contributed by atoms with Crippen LogP contribution >= 0.6 is 0 Å². The summed E-state index contributed by atoms with van der Waals surface area (Å²) in [5.74, 6) is -3.21. The molecule has 2 rings (SSSR count). The number of aliphatic hydroxyl groups is 1. The van der Waals surface area contributed by atoms with Crippen molar-refractivity contribution < 1.29 is 45.2 Å². The summed E-state index contributed by atoms with van der Waals surface area (Å²) in [7, 11) is -3.67. The molecule has 7 nitrogen and oxygen atoms in total. The van der Waals surface area contributed by atoms with Gasteiger partial charge in [0, 0.05) is 5.56 Å². The molecule has 26 heavy (non-hydrogen) atoms. The number of rotatable bonds is 2. The van der Waals surface area contributed by atoms with Crippen LogP contribution in [0.2, 0.25) is 0 Å². The van der Waals surface area contributed by atoms with E-state index in [1.165, 1.54) is 0 Å². The van der Waals surface area contributed by atoms with Gasteiger partial charge in [-0.15, -0.1) is 13.2 Å². The standard InChI is InChI=1S/C13H13F4NO3.CH4O3S/c14-10-7(3-1-5-9(10)21-13(15,16)17)12(18)6-2-4-8(19)11(12)20;1-5(2,3)4/h1,3,5,8,19H,2,4,6,18H2;1H3,(H,2,3,4). The van der Waals surface area contributed by atoms with Crippen LogP contribution in [0.5, 0.6) is 5.75 Å². The minimum atomic E-state index is -5.06. The normalized spacial score (nSPS) is 23.8. The number of alkyl halides is 3. The predicted molar refractivity (Wildman–Crippen MR) is 81.3 cm³/mol. The van der Waals surface area contributed by atoms with Crippen LogP contribution in [0, 0.1) is 5.82 Å². The van der Waals surface area contributed by atoms with Crippen molar-refractivity contribution in [3.8, 4) is 5.75 Å². The summed E-state index contributed by atoms with van der Waals surface area (Å²) >= 11 is 0. The van der Waals surface area contributed by atoms with Gasteiger partial charge in [-0.1, -0.05) is 12.1 Å². The molecule has 1 aliphatic rings. The van der Waals surface area contributed by atoms with E-state index in [0.29, 0.717) is 12.7 Å². The molecule has 0 spiro atoms. The number of nitrogens with two attached hydrogens (primary N) is 1. The third-order valence-corrected chi connectivity index (χ3v) is 3.46. The highest BCUT2D eigenvalue weighted by Crippen LogP contribution is 2.37. The summed E-state index contributed by atoms with van der Waals surface area (Å²) in [5.41, 5.74) is 3.60. The van der Waals surface area contributed by atoms with Gasteiger partial charge in [-0.05, 0) is 25.3 Å². The quantitative estimate of drug-likeness (QED) is 0.504. The molecule has 0 radical (unpaired) electrons. The molecule has 2 unspecified atom stereocenters. The molecule has 0 bridgehead atoms. The van der Waals surface area contributed by atoms with E-state index in [0.717, 1.165) is 18.2 Å². The smallest absolute Gasteiger partial charge is 0.403 e. The first-order chi connectivity index (χ1) is 11.6. The van der Waals surface area contributed by atoms with Crippen LogP contribution < -0.4 is 10.5 Å². The second kappa shape index (κ2) is 7.86. The molecule has 1 aromatic rings. The zero-order chi connectivity index (χ0) is 20.3. The van der Waals surface area contributed by atoms with Crippen molar-refractivity contribution in [2.24, 2.45) is 5.73 Å². The first kappa shape index (κ1) is 22.3. The SMILES string of the molecule is CS(=O)(=O)O.NC1(c2cccc(OC(F)(F)F)c2F)CCCC(O)C1=O. The Morgan fingerprint density at radius 1 is 1.35 bits per heavy atom. The molecule has 1 fully saturated rings. The molecule has 1 saturated carbocycles. The molecule has 0 aliphatic heterocycles. The predicted octanol–water partition coefficient (Wildman–Crippen LogP) is 1.50. The van der Waals surface area contributed by atoms with Gasteiger partial charge in [-0.25, -0.2) is 4.39 Å². The van der Waals surface area contributed by atoms with Crippen molar-refractivity contribution in [1.29, 1.82) is 0 Å². The molecule has 0 aromatic heterocycles. The van der Waals surface area contributed by atoms with Gasteiger partial charge in [-0.3, -0.25) is 9.35 Å². The number of carbonyl (C=O) groups is 1. The van der Waals surface area contributed by atoms with Crippen LogP contribution in [-0.4, -0.2) is 42.6 Å². The average molecular weight is 403 g/mol. The Morgan fingerprint density at radius 3 is 2.38 bits per heavy atom. The zero-order valence-electron chi connectivity index (χ0n) is 13.5. The lowest BCUT2D eigenvalue weighted by Gasteiger charge is -2.35. The van der Waals surface area contributed by atoms with Gasteiger partial charge >= 0.3 is 6.36 Å². The van der Waals surface area contributed by atoms with E-state index in [1.54, 1.807) is 0 Å². The third kappa shape index (κ3) is 6.20. The highest BCUT2D eigenvalue weighted by atomic mass is 32.2. The Morgan fingerprint density at radius 2 is 1.88 bits per heavy atom. The van der Waals surface area contributed by atoms with E-state index in [-0.39, 0.29) is 12.8 Å². The van der Waals surface area contributed by atoms with E-state index in [9.17, 15) is 35.9 Å². The second-order valence-electron chi connectivity index (χ2n) is 5.64. The van der Waals surface area contributed by atoms with Gasteiger partial charge in [0.25, 0.3) is 10.1 Å². The Bertz CT molecular complexity index is 759. The monoisotopic (exact) mass is 403 g/mol. The van der Waals surface area contributed by atoms with Crippen LogP contribution in [0.1, 0.15) is 24.8 Å². The van der Waals surface area contributed by atoms with Crippen LogP contribution in [0.3, 0.4) is 0 Å². The molecule has 0 heterocycles. The van der Waals surface area contributed by atoms with Gasteiger partial charge in [0.15, 0.2) is 17.3 Å². The van der Waals surface area contributed by atoms with Crippen molar-refractivity contribution in [2.75, 3.05) is 6.26 Å². The summed E-state index contributed by atoms with van der Waals surface area (Å²) in [5, 5.41) is 9.56. The van der Waals surface area contributed by atoms with E-state index in [1.807, 2.05) is 0 Å². The summed E-state index contributed by atoms with van der Waals surface area (Å²) in [6, 6.07) is 3.02. The van der Waals surface area contributed by atoms with E-state index < -0.39 is 51.0 Å². The van der Waals surface area contributed by atoms with Crippen LogP contribution in [0.15, 0.2) is 18.2 Å². The zero-order valence-corrected chi connectivity index (χ0v) is 14.3. The van der Waals surface area contributed by atoms with Crippen LogP contribution in [0.4, 0.5) is 17.6 Å². The van der Waals surface area contributed by atoms with Gasteiger partial charge in [-0.2, -0.15) is 8.42 Å². The highest BCUT2D eigenvalue weighted by Gasteiger charge is 2.45. The maximum Gasteiger partial charge on any atom is 0.573 e. The lowest BCUT2D eigenvalue weighted by Crippen LogP contribution is -2.53. The molecule has 148 valence electrons. The average Bonchev–Trinajstić information content (AvgIpc) is 2.44. The first-order valence-corrected chi connectivity index (χ1v) is 8.98. The molecule has 1 aliphatic carbocycles. The number of aliphatic hydroxyl groups excluding tert-OH is 1. The number of halogens is 4. The molecular weight excluding hydrogens is 386 g/mol. The Labute approximate surface area is 146 Å². The van der Waals surface area contributed by atoms with E-state index in [2.05, 4.69) is 4.74 Å². The maximum atomic E-state index is 14.2. The van der Waals surface area contributed by atoms with Gasteiger partial charge < -0.3 is 15.6 Å². The van der Waals surface area contributed by atoms with Crippen LogP contribution in [0.25, 0.3) is 0 Å². The highest BCUT2D eigenvalue weighted by molar-refractivity contribution is 7.85. The molecule has 12 heteroatoms. The van der Waals surface area contributed by atoms with Crippen molar-refractivity contribution >= 4 is 15.9 Å². The Kier molecular flexibility index (Phi) is 6.74. The molecule has 0 saturated heterocycles. The molecule has 4 N–H and O–H groups in total. The summed E-state index contributed by atoms with van der Waals surface area (Å²) in [4.78, 5) is 12.0. The maximum absolute atomic E-state index is 14.2. The van der Waals surface area contributed by atoms with Crippen molar-refractivity contribution in [3.05, 3.63) is 29.6 Å². The number of carbonyl (C=O) groups excluding carboxylic acids is 1. The molecule has 1 aromatic carbocycles. The number of benzene rings is 1. The summed E-state index contributed by atoms with van der Waals surface area (Å²) < 4.78 is 80.2. The number of hydrogen-bond donors (Lipinski definition) is 3. The lowest BCUT2D eigenvalue weighted by atomic mass is 9.75. The second-order valence-corrected chi connectivity index (χ2v) is 7.11. The first-order valence-electron chi connectivity index (χ1n) is 7.13. The van der Waals surface area contributed by atoms with E-state index in [4.69, 9.17) is 10.3 Å². The molecule has 0 amide bonds. The van der Waals surface area contributed by atoms with Gasteiger partial charge in [0.1, 0.15) is 11.6 Å². The van der Waals surface area contributed by atoms with Crippen LogP contribution in [-0.2, 0) is 20.5 Å². The Balaban J connectivity index is 0.000000597. The summed E-state index contributed by atoms with van der Waals surface area (Å²) in [6.07, 6.45) is -5.11. The minimum absolute atomic E-state index is 0.0370. The number of ether oxygens (including phenoxy) is 1. The summed E-state index contributed by atoms with van der Waals surface area (Å²) in [6.45, 7) is 0. The van der Waals surface area contributed by atoms with Gasteiger partial charge in [0.05, 0.1) is 6.26 Å². The van der Waals surface area contributed by atoms with E-state index >= 15 is 0 Å². The third-order valence-electron chi connectivity index (χ3n) is 3.46.